The number of aromatic carboxylic acids is 1. The van der Waals surface area contributed by atoms with Crippen LogP contribution in [0.25, 0.3) is 44.7 Å². The standard InChI is InChI=1S/C39H18N4O10/c44-33-23-11-9-18(31-40-29-7-3-1-5-25(29)38(50)52-31)15-27(23)35(46)42(33)21-13-20(37(48)49)14-22(17-21)43-34(45)24-12-10-19(16-28(24)36(43)47)32-41-30-8-4-2-6-26(30)39(51)53-32/h1-17H,(H,48,49). The third-order valence-electron chi connectivity index (χ3n) is 9.00. The zero-order valence-corrected chi connectivity index (χ0v) is 26.7. The number of carbonyl (C=O) groups excluding carboxylic acids is 4. The fourth-order valence-corrected chi connectivity index (χ4v) is 6.48. The Morgan fingerprint density at radius 3 is 1.36 bits per heavy atom. The minimum atomic E-state index is -1.46. The maximum absolute atomic E-state index is 13.8. The Kier molecular flexibility index (Phi) is 6.65. The summed E-state index contributed by atoms with van der Waals surface area (Å²) in [6, 6.07) is 24.7. The number of carboxylic acid groups (broad SMARTS) is 1. The van der Waals surface area contributed by atoms with Crippen molar-refractivity contribution >= 4 is 62.8 Å². The molecular formula is C39H18N4O10. The fourth-order valence-electron chi connectivity index (χ4n) is 6.48. The lowest BCUT2D eigenvalue weighted by molar-refractivity contribution is 0.0694. The highest BCUT2D eigenvalue weighted by Crippen LogP contribution is 2.37. The number of anilines is 2. The molecule has 2 aliphatic heterocycles. The molecule has 53 heavy (non-hydrogen) atoms. The molecule has 4 heterocycles. The molecule has 0 fully saturated rings. The molecule has 14 nitrogen and oxygen atoms in total. The normalized spacial score (nSPS) is 13.7. The summed E-state index contributed by atoms with van der Waals surface area (Å²) in [6.45, 7) is 0. The van der Waals surface area contributed by atoms with Gasteiger partial charge in [0.15, 0.2) is 0 Å². The Hall–Kier alpha value is -7.87. The van der Waals surface area contributed by atoms with E-state index >= 15 is 0 Å². The van der Waals surface area contributed by atoms with Crippen LogP contribution >= 0.6 is 0 Å². The van der Waals surface area contributed by atoms with E-state index in [1.54, 1.807) is 48.5 Å². The monoisotopic (exact) mass is 702 g/mol. The molecule has 1 N–H and O–H groups in total. The van der Waals surface area contributed by atoms with Gasteiger partial charge in [-0.1, -0.05) is 24.3 Å². The van der Waals surface area contributed by atoms with Crippen molar-refractivity contribution in [3.8, 4) is 22.9 Å². The molecule has 0 bridgehead atoms. The van der Waals surface area contributed by atoms with Gasteiger partial charge in [0.1, 0.15) is 0 Å². The van der Waals surface area contributed by atoms with E-state index in [1.165, 1.54) is 42.5 Å². The Bertz CT molecular complexity index is 2790. The molecule has 0 atom stereocenters. The van der Waals surface area contributed by atoms with Crippen LogP contribution < -0.4 is 21.1 Å². The van der Waals surface area contributed by atoms with Gasteiger partial charge >= 0.3 is 17.2 Å². The molecule has 2 aromatic heterocycles. The molecular weight excluding hydrogens is 684 g/mol. The van der Waals surface area contributed by atoms with E-state index in [9.17, 15) is 38.7 Å². The first-order valence-corrected chi connectivity index (χ1v) is 15.8. The maximum atomic E-state index is 13.8. The third-order valence-corrected chi connectivity index (χ3v) is 9.00. The third kappa shape index (κ3) is 4.77. The Morgan fingerprint density at radius 2 is 0.925 bits per heavy atom. The van der Waals surface area contributed by atoms with Gasteiger partial charge in [0.05, 0.1) is 61.0 Å². The van der Waals surface area contributed by atoms with Gasteiger partial charge in [-0.15, -0.1) is 0 Å². The van der Waals surface area contributed by atoms with Gasteiger partial charge in [-0.2, -0.15) is 0 Å². The highest BCUT2D eigenvalue weighted by atomic mass is 16.4. The van der Waals surface area contributed by atoms with Crippen LogP contribution in [0.3, 0.4) is 0 Å². The number of benzene rings is 5. The molecule has 0 spiro atoms. The second-order valence-electron chi connectivity index (χ2n) is 12.1. The number of rotatable bonds is 5. The topological polar surface area (TPSA) is 198 Å². The van der Waals surface area contributed by atoms with Gasteiger partial charge in [-0.25, -0.2) is 34.2 Å². The lowest BCUT2D eigenvalue weighted by Crippen LogP contribution is -2.32. The Balaban J connectivity index is 1.08. The van der Waals surface area contributed by atoms with Crippen LogP contribution in [-0.4, -0.2) is 44.7 Å². The van der Waals surface area contributed by atoms with E-state index in [-0.39, 0.29) is 67.3 Å². The average molecular weight is 703 g/mol. The zero-order chi connectivity index (χ0) is 36.7. The fraction of sp³-hybridized carbons (Fsp3) is 0. The second kappa shape index (κ2) is 11.3. The summed E-state index contributed by atoms with van der Waals surface area (Å²) >= 11 is 0. The summed E-state index contributed by atoms with van der Waals surface area (Å²) in [4.78, 5) is 103. The van der Waals surface area contributed by atoms with E-state index in [0.717, 1.165) is 21.9 Å². The van der Waals surface area contributed by atoms with Crippen LogP contribution in [0.5, 0.6) is 0 Å². The molecule has 9 rings (SSSR count). The van der Waals surface area contributed by atoms with Crippen LogP contribution in [0.15, 0.2) is 122 Å². The molecule has 7 aromatic rings. The van der Waals surface area contributed by atoms with Gasteiger partial charge in [-0.05, 0) is 78.9 Å². The lowest BCUT2D eigenvalue weighted by Gasteiger charge is -2.20. The van der Waals surface area contributed by atoms with Crippen LogP contribution in [0, 0.1) is 0 Å². The van der Waals surface area contributed by atoms with Crippen LogP contribution in [0.1, 0.15) is 51.8 Å². The molecule has 4 amide bonds. The van der Waals surface area contributed by atoms with Crippen molar-refractivity contribution in [1.29, 1.82) is 0 Å². The summed E-state index contributed by atoms with van der Waals surface area (Å²) in [7, 11) is 0. The molecule has 0 aliphatic carbocycles. The van der Waals surface area contributed by atoms with E-state index in [4.69, 9.17) is 8.83 Å². The van der Waals surface area contributed by atoms with Crippen molar-refractivity contribution in [2.45, 2.75) is 0 Å². The highest BCUT2D eigenvalue weighted by molar-refractivity contribution is 6.36. The number of imide groups is 2. The lowest BCUT2D eigenvalue weighted by atomic mass is 10.1. The molecule has 0 saturated carbocycles. The van der Waals surface area contributed by atoms with E-state index in [1.807, 2.05) is 0 Å². The smallest absolute Gasteiger partial charge is 0.347 e. The first kappa shape index (κ1) is 31.1. The number of para-hydroxylation sites is 2. The van der Waals surface area contributed by atoms with Gasteiger partial charge in [-0.3, -0.25) is 19.2 Å². The number of nitrogens with zero attached hydrogens (tertiary/aromatic N) is 4. The quantitative estimate of drug-likeness (QED) is 0.227. The first-order chi connectivity index (χ1) is 25.6. The number of hydrogen-bond acceptors (Lipinski definition) is 11. The largest absolute Gasteiger partial charge is 0.478 e. The van der Waals surface area contributed by atoms with Crippen molar-refractivity contribution in [3.05, 3.63) is 152 Å². The molecule has 0 saturated heterocycles. The maximum Gasteiger partial charge on any atom is 0.347 e. The van der Waals surface area contributed by atoms with E-state index in [2.05, 4.69) is 9.97 Å². The van der Waals surface area contributed by atoms with Gasteiger partial charge in [0, 0.05) is 11.1 Å². The van der Waals surface area contributed by atoms with E-state index in [0.29, 0.717) is 11.0 Å². The molecule has 0 radical (unpaired) electrons. The minimum absolute atomic E-state index is 0.0219. The van der Waals surface area contributed by atoms with Crippen molar-refractivity contribution in [1.82, 2.24) is 9.97 Å². The number of fused-ring (bicyclic) bond motifs is 4. The summed E-state index contributed by atoms with van der Waals surface area (Å²) in [5.41, 5.74) is -1.14. The molecule has 254 valence electrons. The van der Waals surface area contributed by atoms with Crippen LogP contribution in [-0.2, 0) is 0 Å². The van der Waals surface area contributed by atoms with Crippen LogP contribution in [0.2, 0.25) is 0 Å². The van der Waals surface area contributed by atoms with Crippen LogP contribution in [0.4, 0.5) is 11.4 Å². The van der Waals surface area contributed by atoms with Crippen molar-refractivity contribution in [2.24, 2.45) is 0 Å². The van der Waals surface area contributed by atoms with Gasteiger partial charge in [0.2, 0.25) is 11.8 Å². The number of amides is 4. The van der Waals surface area contributed by atoms with E-state index < -0.39 is 46.4 Å². The first-order valence-electron chi connectivity index (χ1n) is 15.8. The predicted octanol–water partition coefficient (Wildman–Crippen LogP) is 5.32. The van der Waals surface area contributed by atoms with Crippen molar-refractivity contribution in [2.75, 3.05) is 9.80 Å². The Morgan fingerprint density at radius 1 is 0.509 bits per heavy atom. The number of carboxylic acids is 1. The summed E-state index contributed by atoms with van der Waals surface area (Å²) < 4.78 is 10.8. The number of carbonyl (C=O) groups is 5. The molecule has 14 heteroatoms. The number of hydrogen-bond donors (Lipinski definition) is 1. The Labute approximate surface area is 294 Å². The highest BCUT2D eigenvalue weighted by Gasteiger charge is 2.41. The molecule has 2 aliphatic rings. The average Bonchev–Trinajstić information content (AvgIpc) is 3.57. The number of aromatic nitrogens is 2. The van der Waals surface area contributed by atoms with Gasteiger partial charge < -0.3 is 13.9 Å². The SMILES string of the molecule is O=C(O)c1cc(N2C(=O)c3ccc(-c4nc5ccccc5c(=O)o4)cc3C2=O)cc(N2C(=O)c3ccc(-c4nc5ccccc5c(=O)o4)cc3C2=O)c1. The van der Waals surface area contributed by atoms with Crippen molar-refractivity contribution in [3.63, 3.8) is 0 Å². The second-order valence-corrected chi connectivity index (χ2v) is 12.1. The summed E-state index contributed by atoms with van der Waals surface area (Å²) in [5, 5.41) is 10.5. The minimum Gasteiger partial charge on any atom is -0.478 e. The van der Waals surface area contributed by atoms with Crippen molar-refractivity contribution < 1.29 is 37.9 Å². The van der Waals surface area contributed by atoms with Gasteiger partial charge in [0.25, 0.3) is 23.6 Å². The summed E-state index contributed by atoms with van der Waals surface area (Å²) in [6.07, 6.45) is 0. The molecule has 0 unspecified atom stereocenters. The summed E-state index contributed by atoms with van der Waals surface area (Å²) in [5.74, 6) is -4.89. The zero-order valence-electron chi connectivity index (χ0n) is 26.7. The molecule has 5 aromatic carbocycles. The predicted molar refractivity (Wildman–Crippen MR) is 187 cm³/mol.